The van der Waals surface area contributed by atoms with Gasteiger partial charge in [0.1, 0.15) is 34.1 Å². The van der Waals surface area contributed by atoms with Crippen LogP contribution in [0, 0.1) is 0 Å². The van der Waals surface area contributed by atoms with Crippen LogP contribution in [0.4, 0.5) is 0 Å². The lowest BCUT2D eigenvalue weighted by Crippen LogP contribution is -2.36. The SMILES string of the molecule is Cn1cc(S(=O)(=O)N2CCCCC2)cc1C(=O)NCC(O)COc1cccc(Cl)c1Cl. The molecule has 1 aromatic heterocycles. The Morgan fingerprint density at radius 1 is 1.26 bits per heavy atom. The topological polar surface area (TPSA) is 101 Å². The first kappa shape index (κ1) is 23.9. The zero-order chi connectivity index (χ0) is 22.6. The molecule has 2 heterocycles. The quantitative estimate of drug-likeness (QED) is 0.593. The highest BCUT2D eigenvalue weighted by molar-refractivity contribution is 7.89. The maximum absolute atomic E-state index is 12.8. The minimum absolute atomic E-state index is 0.0847. The highest BCUT2D eigenvalue weighted by atomic mass is 35.5. The molecule has 3 rings (SSSR count). The molecule has 8 nitrogen and oxygen atoms in total. The van der Waals surface area contributed by atoms with Crippen LogP contribution in [-0.4, -0.2) is 60.6 Å². The van der Waals surface area contributed by atoms with Crippen molar-refractivity contribution >= 4 is 39.1 Å². The monoisotopic (exact) mass is 489 g/mol. The van der Waals surface area contributed by atoms with Gasteiger partial charge in [-0.1, -0.05) is 35.7 Å². The third-order valence-electron chi connectivity index (χ3n) is 5.01. The van der Waals surface area contributed by atoms with Gasteiger partial charge in [-0.05, 0) is 31.0 Å². The number of aryl methyl sites for hydroxylation is 1. The summed E-state index contributed by atoms with van der Waals surface area (Å²) >= 11 is 12.0. The molecule has 11 heteroatoms. The van der Waals surface area contributed by atoms with Gasteiger partial charge in [0, 0.05) is 32.9 Å². The number of hydrogen-bond donors (Lipinski definition) is 2. The first-order valence-corrected chi connectivity index (χ1v) is 12.1. The Morgan fingerprint density at radius 2 is 1.97 bits per heavy atom. The fourth-order valence-corrected chi connectivity index (χ4v) is 5.23. The number of ether oxygens (including phenoxy) is 1. The van der Waals surface area contributed by atoms with Crippen molar-refractivity contribution in [2.75, 3.05) is 26.2 Å². The molecule has 1 aliphatic heterocycles. The number of aliphatic hydroxyl groups is 1. The molecule has 2 aromatic rings. The summed E-state index contributed by atoms with van der Waals surface area (Å²) in [5.41, 5.74) is 0.182. The number of carbonyl (C=O) groups excluding carboxylic acids is 1. The van der Waals surface area contributed by atoms with Crippen molar-refractivity contribution in [2.45, 2.75) is 30.3 Å². The average molecular weight is 490 g/mol. The van der Waals surface area contributed by atoms with Crippen molar-refractivity contribution in [3.63, 3.8) is 0 Å². The van der Waals surface area contributed by atoms with Crippen molar-refractivity contribution in [3.05, 3.63) is 46.2 Å². The molecule has 2 N–H and O–H groups in total. The second-order valence-corrected chi connectivity index (χ2v) is 10.1. The van der Waals surface area contributed by atoms with E-state index in [0.717, 1.165) is 19.3 Å². The molecule has 1 fully saturated rings. The number of aliphatic hydroxyl groups excluding tert-OH is 1. The van der Waals surface area contributed by atoms with Crippen LogP contribution in [0.25, 0.3) is 0 Å². The van der Waals surface area contributed by atoms with Gasteiger partial charge in [0.2, 0.25) is 10.0 Å². The van der Waals surface area contributed by atoms with E-state index in [0.29, 0.717) is 23.9 Å². The van der Waals surface area contributed by atoms with Gasteiger partial charge in [-0.25, -0.2) is 8.42 Å². The first-order valence-electron chi connectivity index (χ1n) is 9.89. The number of hydrogen-bond acceptors (Lipinski definition) is 5. The number of benzene rings is 1. The summed E-state index contributed by atoms with van der Waals surface area (Å²) in [6.45, 7) is 0.779. The zero-order valence-electron chi connectivity index (χ0n) is 17.1. The molecule has 31 heavy (non-hydrogen) atoms. The number of rotatable bonds is 8. The summed E-state index contributed by atoms with van der Waals surface area (Å²) in [4.78, 5) is 12.6. The number of nitrogens with zero attached hydrogens (tertiary/aromatic N) is 2. The van der Waals surface area contributed by atoms with Crippen LogP contribution in [-0.2, 0) is 17.1 Å². The average Bonchev–Trinajstić information content (AvgIpc) is 3.16. The molecule has 1 aromatic carbocycles. The Morgan fingerprint density at radius 3 is 2.68 bits per heavy atom. The van der Waals surface area contributed by atoms with Crippen molar-refractivity contribution < 1.29 is 23.1 Å². The second kappa shape index (κ2) is 10.2. The summed E-state index contributed by atoms with van der Waals surface area (Å²) in [6.07, 6.45) is 3.11. The van der Waals surface area contributed by atoms with E-state index in [2.05, 4.69) is 5.32 Å². The van der Waals surface area contributed by atoms with Gasteiger partial charge in [-0.15, -0.1) is 0 Å². The van der Waals surface area contributed by atoms with Crippen LogP contribution in [0.1, 0.15) is 29.8 Å². The van der Waals surface area contributed by atoms with Gasteiger partial charge in [-0.2, -0.15) is 4.31 Å². The highest BCUT2D eigenvalue weighted by Gasteiger charge is 2.28. The van der Waals surface area contributed by atoms with Crippen LogP contribution in [0.2, 0.25) is 10.0 Å². The van der Waals surface area contributed by atoms with Crippen molar-refractivity contribution in [3.8, 4) is 5.75 Å². The number of halogens is 2. The van der Waals surface area contributed by atoms with Crippen LogP contribution in [0.15, 0.2) is 35.4 Å². The van der Waals surface area contributed by atoms with Crippen LogP contribution in [0.3, 0.4) is 0 Å². The lowest BCUT2D eigenvalue weighted by molar-refractivity contribution is 0.0837. The number of amides is 1. The Balaban J connectivity index is 1.57. The fourth-order valence-electron chi connectivity index (χ4n) is 3.30. The third kappa shape index (κ3) is 5.72. The molecule has 0 aliphatic carbocycles. The second-order valence-electron chi connectivity index (χ2n) is 7.36. The van der Waals surface area contributed by atoms with E-state index in [1.165, 1.54) is 21.1 Å². The fraction of sp³-hybridized carbons (Fsp3) is 0.450. The summed E-state index contributed by atoms with van der Waals surface area (Å²) in [6, 6.07) is 6.26. The minimum atomic E-state index is -3.64. The van der Waals surface area contributed by atoms with Crippen LogP contribution in [0.5, 0.6) is 5.75 Å². The lowest BCUT2D eigenvalue weighted by atomic mass is 10.2. The van der Waals surface area contributed by atoms with Gasteiger partial charge in [0.25, 0.3) is 5.91 Å². The number of sulfonamides is 1. The van der Waals surface area contributed by atoms with E-state index in [-0.39, 0.29) is 28.8 Å². The molecule has 1 amide bonds. The van der Waals surface area contributed by atoms with E-state index in [1.807, 2.05) is 0 Å². The van der Waals surface area contributed by atoms with Crippen LogP contribution < -0.4 is 10.1 Å². The zero-order valence-corrected chi connectivity index (χ0v) is 19.4. The van der Waals surface area contributed by atoms with E-state index in [4.69, 9.17) is 27.9 Å². The van der Waals surface area contributed by atoms with Crippen molar-refractivity contribution in [1.29, 1.82) is 0 Å². The van der Waals surface area contributed by atoms with Crippen LogP contribution >= 0.6 is 23.2 Å². The molecule has 1 saturated heterocycles. The summed E-state index contributed by atoms with van der Waals surface area (Å²) in [5.74, 6) is -0.169. The molecule has 0 saturated carbocycles. The van der Waals surface area contributed by atoms with Crippen molar-refractivity contribution in [1.82, 2.24) is 14.2 Å². The minimum Gasteiger partial charge on any atom is -0.489 e. The van der Waals surface area contributed by atoms with Gasteiger partial charge in [-0.3, -0.25) is 4.79 Å². The normalized spacial score (nSPS) is 16.1. The maximum Gasteiger partial charge on any atom is 0.268 e. The number of carbonyl (C=O) groups is 1. The van der Waals surface area contributed by atoms with Gasteiger partial charge >= 0.3 is 0 Å². The lowest BCUT2D eigenvalue weighted by Gasteiger charge is -2.25. The Labute approximate surface area is 191 Å². The molecule has 1 aliphatic rings. The Hall–Kier alpha value is -1.78. The van der Waals surface area contributed by atoms with E-state index in [9.17, 15) is 18.3 Å². The number of piperidine rings is 1. The Kier molecular flexibility index (Phi) is 7.87. The standard InChI is InChI=1S/C20H25Cl2N3O5S/c1-24-12-15(31(28,29)25-8-3-2-4-9-25)10-17(24)20(27)23-11-14(26)13-30-18-7-5-6-16(21)19(18)22/h5-7,10,12,14,26H,2-4,8-9,11,13H2,1H3,(H,23,27). The molecule has 1 unspecified atom stereocenters. The van der Waals surface area contributed by atoms with E-state index >= 15 is 0 Å². The van der Waals surface area contributed by atoms with Gasteiger partial charge in [0.05, 0.1) is 5.02 Å². The predicted octanol–water partition coefficient (Wildman–Crippen LogP) is 2.68. The molecule has 0 radical (unpaired) electrons. The number of nitrogens with one attached hydrogen (secondary N) is 1. The molecule has 0 bridgehead atoms. The Bertz CT molecular complexity index is 1040. The van der Waals surface area contributed by atoms with E-state index < -0.39 is 22.0 Å². The summed E-state index contributed by atoms with van der Waals surface area (Å²) in [7, 11) is -2.03. The summed E-state index contributed by atoms with van der Waals surface area (Å²) < 4.78 is 34.0. The van der Waals surface area contributed by atoms with Crippen molar-refractivity contribution in [2.24, 2.45) is 7.05 Å². The molecular formula is C20H25Cl2N3O5S. The molecule has 1 atom stereocenters. The van der Waals surface area contributed by atoms with Gasteiger partial charge < -0.3 is 19.7 Å². The maximum atomic E-state index is 12.8. The highest BCUT2D eigenvalue weighted by Crippen LogP contribution is 2.31. The third-order valence-corrected chi connectivity index (χ3v) is 7.68. The number of aromatic nitrogens is 1. The molecule has 0 spiro atoms. The van der Waals surface area contributed by atoms with E-state index in [1.54, 1.807) is 25.2 Å². The first-order chi connectivity index (χ1) is 14.7. The summed E-state index contributed by atoms with van der Waals surface area (Å²) in [5, 5.41) is 13.3. The van der Waals surface area contributed by atoms with Gasteiger partial charge in [0.15, 0.2) is 0 Å². The predicted molar refractivity (Wildman–Crippen MR) is 118 cm³/mol. The smallest absolute Gasteiger partial charge is 0.268 e. The molecule has 170 valence electrons. The largest absolute Gasteiger partial charge is 0.489 e. The molecular weight excluding hydrogens is 465 g/mol.